The van der Waals surface area contributed by atoms with Crippen LogP contribution in [0.2, 0.25) is 0 Å². The molecule has 1 aliphatic heterocycles. The highest BCUT2D eigenvalue weighted by Crippen LogP contribution is 2.23. The SMILES string of the molecule is CN1CC(c2cccc(O)c2)OC(=O)N1. The highest BCUT2D eigenvalue weighted by molar-refractivity contribution is 5.67. The van der Waals surface area contributed by atoms with Crippen molar-refractivity contribution in [3.8, 4) is 5.75 Å². The lowest BCUT2D eigenvalue weighted by Gasteiger charge is -2.30. The van der Waals surface area contributed by atoms with Gasteiger partial charge in [0.05, 0.1) is 6.54 Å². The topological polar surface area (TPSA) is 61.8 Å². The Kier molecular flexibility index (Phi) is 2.47. The number of phenolic OH excluding ortho intramolecular Hbond substituents is 1. The second-order valence-electron chi connectivity index (χ2n) is 3.48. The molecular weight excluding hydrogens is 196 g/mol. The smallest absolute Gasteiger partial charge is 0.422 e. The van der Waals surface area contributed by atoms with E-state index in [2.05, 4.69) is 5.43 Å². The van der Waals surface area contributed by atoms with Gasteiger partial charge in [0.1, 0.15) is 11.9 Å². The molecule has 0 saturated carbocycles. The van der Waals surface area contributed by atoms with Crippen LogP contribution < -0.4 is 5.43 Å². The molecule has 1 aliphatic rings. The second-order valence-corrected chi connectivity index (χ2v) is 3.48. The molecule has 0 aromatic heterocycles. The maximum atomic E-state index is 11.1. The normalized spacial score (nSPS) is 21.9. The van der Waals surface area contributed by atoms with Crippen molar-refractivity contribution in [1.82, 2.24) is 10.4 Å². The van der Waals surface area contributed by atoms with Gasteiger partial charge in [0.15, 0.2) is 0 Å². The average molecular weight is 208 g/mol. The number of benzene rings is 1. The van der Waals surface area contributed by atoms with Crippen molar-refractivity contribution in [2.45, 2.75) is 6.10 Å². The summed E-state index contributed by atoms with van der Waals surface area (Å²) in [6, 6.07) is 6.71. The zero-order valence-electron chi connectivity index (χ0n) is 8.30. The number of carbonyl (C=O) groups excluding carboxylic acids is 1. The minimum Gasteiger partial charge on any atom is -0.508 e. The van der Waals surface area contributed by atoms with Crippen LogP contribution in [0.4, 0.5) is 4.79 Å². The lowest BCUT2D eigenvalue weighted by Crippen LogP contribution is -2.48. The fraction of sp³-hybridized carbons (Fsp3) is 0.300. The van der Waals surface area contributed by atoms with E-state index in [0.29, 0.717) is 6.54 Å². The maximum Gasteiger partial charge on any atom is 0.422 e. The van der Waals surface area contributed by atoms with E-state index in [9.17, 15) is 9.90 Å². The van der Waals surface area contributed by atoms with Crippen LogP contribution in [0.3, 0.4) is 0 Å². The van der Waals surface area contributed by atoms with Crippen molar-refractivity contribution in [3.05, 3.63) is 29.8 Å². The van der Waals surface area contributed by atoms with Crippen LogP contribution in [0.1, 0.15) is 11.7 Å². The predicted octanol–water partition coefficient (Wildman–Crippen LogP) is 1.02. The van der Waals surface area contributed by atoms with Gasteiger partial charge in [-0.3, -0.25) is 5.43 Å². The number of carbonyl (C=O) groups is 1. The number of ether oxygens (including phenoxy) is 1. The predicted molar refractivity (Wildman–Crippen MR) is 53.1 cm³/mol. The molecule has 0 aliphatic carbocycles. The third kappa shape index (κ3) is 2.19. The van der Waals surface area contributed by atoms with Crippen molar-refractivity contribution in [1.29, 1.82) is 0 Å². The Morgan fingerprint density at radius 2 is 2.40 bits per heavy atom. The first-order valence-corrected chi connectivity index (χ1v) is 4.62. The van der Waals surface area contributed by atoms with Crippen LogP contribution in [-0.2, 0) is 4.74 Å². The summed E-state index contributed by atoms with van der Waals surface area (Å²) in [5.41, 5.74) is 3.29. The maximum absolute atomic E-state index is 11.1. The number of cyclic esters (lactones) is 1. The first kappa shape index (κ1) is 9.79. The number of nitrogens with zero attached hydrogens (tertiary/aromatic N) is 1. The van der Waals surface area contributed by atoms with Gasteiger partial charge >= 0.3 is 6.09 Å². The number of phenols is 1. The average Bonchev–Trinajstić information content (AvgIpc) is 2.16. The number of nitrogens with one attached hydrogen (secondary N) is 1. The van der Waals surface area contributed by atoms with Crippen LogP contribution in [-0.4, -0.2) is 29.8 Å². The number of rotatable bonds is 1. The Labute approximate surface area is 87.2 Å². The molecule has 1 aromatic rings. The molecule has 1 saturated heterocycles. The lowest BCUT2D eigenvalue weighted by atomic mass is 10.1. The van der Waals surface area contributed by atoms with Crippen LogP contribution in [0.5, 0.6) is 5.75 Å². The molecule has 1 unspecified atom stereocenters. The fourth-order valence-electron chi connectivity index (χ4n) is 1.54. The molecule has 80 valence electrons. The number of hydrogen-bond acceptors (Lipinski definition) is 4. The molecule has 1 fully saturated rings. The van der Waals surface area contributed by atoms with Crippen molar-refractivity contribution >= 4 is 6.09 Å². The third-order valence-corrected chi connectivity index (χ3v) is 2.21. The van der Waals surface area contributed by atoms with Gasteiger partial charge in [-0.05, 0) is 17.7 Å². The van der Waals surface area contributed by atoms with Crippen molar-refractivity contribution in [2.24, 2.45) is 0 Å². The largest absolute Gasteiger partial charge is 0.508 e. The standard InChI is InChI=1S/C10H12N2O3/c1-12-6-9(15-10(14)11-12)7-3-2-4-8(13)5-7/h2-5,9,13H,6H2,1H3,(H,11,14). The van der Waals surface area contributed by atoms with Gasteiger partial charge in [0, 0.05) is 7.05 Å². The van der Waals surface area contributed by atoms with E-state index in [1.807, 2.05) is 6.07 Å². The Hall–Kier alpha value is -1.75. The van der Waals surface area contributed by atoms with Crippen molar-refractivity contribution in [3.63, 3.8) is 0 Å². The van der Waals surface area contributed by atoms with Gasteiger partial charge in [-0.1, -0.05) is 12.1 Å². The summed E-state index contributed by atoms with van der Waals surface area (Å²) in [4.78, 5) is 11.1. The molecule has 1 amide bonds. The minimum atomic E-state index is -0.475. The van der Waals surface area contributed by atoms with Crippen molar-refractivity contribution in [2.75, 3.05) is 13.6 Å². The first-order chi connectivity index (χ1) is 7.15. The molecule has 2 N–H and O–H groups in total. The molecule has 0 bridgehead atoms. The molecule has 1 aromatic carbocycles. The van der Waals surface area contributed by atoms with Crippen molar-refractivity contribution < 1.29 is 14.6 Å². The lowest BCUT2D eigenvalue weighted by molar-refractivity contribution is 0.0128. The first-order valence-electron chi connectivity index (χ1n) is 4.62. The molecule has 5 nitrogen and oxygen atoms in total. The zero-order valence-corrected chi connectivity index (χ0v) is 8.30. The van der Waals surface area contributed by atoms with Gasteiger partial charge in [-0.25, -0.2) is 9.80 Å². The highest BCUT2D eigenvalue weighted by Gasteiger charge is 2.25. The quantitative estimate of drug-likeness (QED) is 0.723. The molecule has 0 spiro atoms. The summed E-state index contributed by atoms with van der Waals surface area (Å²) in [7, 11) is 1.76. The van der Waals surface area contributed by atoms with E-state index in [-0.39, 0.29) is 11.9 Å². The second kappa shape index (κ2) is 3.78. The van der Waals surface area contributed by atoms with Gasteiger partial charge in [-0.2, -0.15) is 0 Å². The summed E-state index contributed by atoms with van der Waals surface area (Å²) >= 11 is 0. The van der Waals surface area contributed by atoms with Crippen LogP contribution >= 0.6 is 0 Å². The zero-order chi connectivity index (χ0) is 10.8. The Balaban J connectivity index is 2.19. The molecule has 2 rings (SSSR count). The summed E-state index contributed by atoms with van der Waals surface area (Å²) in [5, 5.41) is 11.0. The van der Waals surface area contributed by atoms with E-state index in [1.165, 1.54) is 0 Å². The number of hydrazine groups is 1. The summed E-state index contributed by atoms with van der Waals surface area (Å²) in [6.45, 7) is 0.551. The van der Waals surface area contributed by atoms with E-state index in [4.69, 9.17) is 4.74 Å². The number of aromatic hydroxyl groups is 1. The fourth-order valence-corrected chi connectivity index (χ4v) is 1.54. The van der Waals surface area contributed by atoms with Crippen LogP contribution in [0.15, 0.2) is 24.3 Å². The Bertz CT molecular complexity index is 381. The summed E-state index contributed by atoms with van der Waals surface area (Å²) in [6.07, 6.45) is -0.812. The number of likely N-dealkylation sites (N-methyl/N-ethyl adjacent to an activating group) is 1. The monoisotopic (exact) mass is 208 g/mol. The molecule has 1 atom stereocenters. The van der Waals surface area contributed by atoms with Gasteiger partial charge in [0.25, 0.3) is 0 Å². The van der Waals surface area contributed by atoms with E-state index >= 15 is 0 Å². The van der Waals surface area contributed by atoms with Gasteiger partial charge in [-0.15, -0.1) is 0 Å². The van der Waals surface area contributed by atoms with Gasteiger partial charge in [0.2, 0.25) is 0 Å². The molecular formula is C10H12N2O3. The third-order valence-electron chi connectivity index (χ3n) is 2.21. The van der Waals surface area contributed by atoms with Gasteiger partial charge < -0.3 is 9.84 Å². The Morgan fingerprint density at radius 3 is 3.07 bits per heavy atom. The number of amides is 1. The molecule has 15 heavy (non-hydrogen) atoms. The highest BCUT2D eigenvalue weighted by atomic mass is 16.6. The van der Waals surface area contributed by atoms with Crippen LogP contribution in [0.25, 0.3) is 0 Å². The van der Waals surface area contributed by atoms with E-state index in [0.717, 1.165) is 5.56 Å². The minimum absolute atomic E-state index is 0.171. The Morgan fingerprint density at radius 1 is 1.60 bits per heavy atom. The summed E-state index contributed by atoms with van der Waals surface area (Å²) < 4.78 is 5.09. The molecule has 1 heterocycles. The van der Waals surface area contributed by atoms with E-state index in [1.54, 1.807) is 30.3 Å². The molecule has 5 heteroatoms. The molecule has 0 radical (unpaired) electrons. The van der Waals surface area contributed by atoms with Crippen LogP contribution in [0, 0.1) is 0 Å². The van der Waals surface area contributed by atoms with E-state index < -0.39 is 6.09 Å². The summed E-state index contributed by atoms with van der Waals surface area (Å²) in [5.74, 6) is 0.171. The number of hydrogen-bond donors (Lipinski definition) is 2.